The molecule has 0 fully saturated rings. The Hall–Kier alpha value is -3.08. The quantitative estimate of drug-likeness (QED) is 0.693. The van der Waals surface area contributed by atoms with Crippen molar-refractivity contribution < 1.29 is 19.1 Å². The molecule has 1 heterocycles. The molecule has 5 nitrogen and oxygen atoms in total. The Kier molecular flexibility index (Phi) is 4.10. The first kappa shape index (κ1) is 14.8. The molecule has 0 aliphatic carbocycles. The van der Waals surface area contributed by atoms with E-state index >= 15 is 0 Å². The summed E-state index contributed by atoms with van der Waals surface area (Å²) in [7, 11) is 1.31. The predicted octanol–water partition coefficient (Wildman–Crippen LogP) is 3.61. The standard InChI is InChI=1S/C18H15NO4/c1-22-17(20)15-11-19(16-10-6-5-9-14(15)16)18(21)23-12-13-7-3-2-4-8-13/h2-11H,12H2,1H3. The van der Waals surface area contributed by atoms with Crippen molar-refractivity contribution in [2.75, 3.05) is 7.11 Å². The monoisotopic (exact) mass is 309 g/mol. The largest absolute Gasteiger partial charge is 0.465 e. The van der Waals surface area contributed by atoms with Crippen LogP contribution in [0.2, 0.25) is 0 Å². The average molecular weight is 309 g/mol. The van der Waals surface area contributed by atoms with Gasteiger partial charge < -0.3 is 9.47 Å². The molecule has 3 aromatic rings. The molecule has 0 unspecified atom stereocenters. The molecule has 0 radical (unpaired) electrons. The number of benzene rings is 2. The number of carbonyl (C=O) groups is 2. The second-order valence-corrected chi connectivity index (χ2v) is 4.96. The predicted molar refractivity (Wildman–Crippen MR) is 85.3 cm³/mol. The zero-order valence-electron chi connectivity index (χ0n) is 12.6. The van der Waals surface area contributed by atoms with Crippen LogP contribution in [0.5, 0.6) is 0 Å². The van der Waals surface area contributed by atoms with Crippen molar-refractivity contribution >= 4 is 23.0 Å². The maximum absolute atomic E-state index is 12.3. The first-order valence-electron chi connectivity index (χ1n) is 7.10. The minimum atomic E-state index is -0.541. The van der Waals surface area contributed by atoms with E-state index in [2.05, 4.69) is 0 Å². The minimum Gasteiger partial charge on any atom is -0.465 e. The molecule has 0 aliphatic rings. The third-order valence-electron chi connectivity index (χ3n) is 3.52. The van der Waals surface area contributed by atoms with Gasteiger partial charge in [-0.25, -0.2) is 9.59 Å². The van der Waals surface area contributed by atoms with Gasteiger partial charge in [-0.15, -0.1) is 0 Å². The molecule has 0 amide bonds. The van der Waals surface area contributed by atoms with Gasteiger partial charge in [-0.1, -0.05) is 48.5 Å². The summed E-state index contributed by atoms with van der Waals surface area (Å²) in [6, 6.07) is 16.5. The first-order chi connectivity index (χ1) is 11.2. The Morgan fingerprint density at radius 2 is 1.70 bits per heavy atom. The summed E-state index contributed by atoms with van der Waals surface area (Å²) in [6.07, 6.45) is 0.907. The summed E-state index contributed by atoms with van der Waals surface area (Å²) >= 11 is 0. The van der Waals surface area contributed by atoms with Crippen LogP contribution in [0.25, 0.3) is 10.9 Å². The fourth-order valence-corrected chi connectivity index (χ4v) is 2.39. The lowest BCUT2D eigenvalue weighted by molar-refractivity contribution is 0.0603. The molecule has 0 N–H and O–H groups in total. The average Bonchev–Trinajstić information content (AvgIpc) is 3.00. The van der Waals surface area contributed by atoms with Gasteiger partial charge in [0.1, 0.15) is 6.61 Å². The van der Waals surface area contributed by atoms with Gasteiger partial charge in [-0.05, 0) is 11.6 Å². The molecule has 23 heavy (non-hydrogen) atoms. The number of hydrogen-bond donors (Lipinski definition) is 0. The van der Waals surface area contributed by atoms with Gasteiger partial charge in [0.25, 0.3) is 0 Å². The Labute approximate surface area is 133 Å². The van der Waals surface area contributed by atoms with Gasteiger partial charge in [0.05, 0.1) is 18.2 Å². The smallest absolute Gasteiger partial charge is 0.418 e. The summed E-state index contributed by atoms with van der Waals surface area (Å²) in [5.74, 6) is -0.490. The zero-order valence-corrected chi connectivity index (χ0v) is 12.6. The number of nitrogens with zero attached hydrogens (tertiary/aromatic N) is 1. The number of methoxy groups -OCH3 is 1. The lowest BCUT2D eigenvalue weighted by Gasteiger charge is -2.06. The van der Waals surface area contributed by atoms with Crippen LogP contribution in [0.1, 0.15) is 15.9 Å². The number of rotatable bonds is 3. The summed E-state index contributed by atoms with van der Waals surface area (Å²) in [4.78, 5) is 24.2. The second kappa shape index (κ2) is 6.36. The van der Waals surface area contributed by atoms with E-state index in [4.69, 9.17) is 9.47 Å². The van der Waals surface area contributed by atoms with Crippen molar-refractivity contribution in [1.82, 2.24) is 4.57 Å². The summed E-state index contributed by atoms with van der Waals surface area (Å²) in [6.45, 7) is 0.166. The lowest BCUT2D eigenvalue weighted by atomic mass is 10.2. The fraction of sp³-hybridized carbons (Fsp3) is 0.111. The molecule has 2 aromatic carbocycles. The van der Waals surface area contributed by atoms with Crippen LogP contribution in [-0.2, 0) is 16.1 Å². The molecular weight excluding hydrogens is 294 g/mol. The van der Waals surface area contributed by atoms with Crippen LogP contribution in [0.3, 0.4) is 0 Å². The van der Waals surface area contributed by atoms with E-state index in [9.17, 15) is 9.59 Å². The lowest BCUT2D eigenvalue weighted by Crippen LogP contribution is -2.12. The van der Waals surface area contributed by atoms with Gasteiger partial charge in [0.2, 0.25) is 0 Å². The summed E-state index contributed by atoms with van der Waals surface area (Å²) in [5.41, 5.74) is 1.83. The topological polar surface area (TPSA) is 57.5 Å². The van der Waals surface area contributed by atoms with E-state index in [1.54, 1.807) is 24.3 Å². The van der Waals surface area contributed by atoms with E-state index in [1.165, 1.54) is 17.9 Å². The molecule has 3 rings (SSSR count). The number of hydrogen-bond acceptors (Lipinski definition) is 4. The molecule has 0 saturated heterocycles. The van der Waals surface area contributed by atoms with E-state index in [0.29, 0.717) is 16.5 Å². The van der Waals surface area contributed by atoms with E-state index in [-0.39, 0.29) is 6.61 Å². The molecule has 5 heteroatoms. The molecule has 116 valence electrons. The van der Waals surface area contributed by atoms with E-state index in [0.717, 1.165) is 5.56 Å². The summed E-state index contributed by atoms with van der Waals surface area (Å²) in [5, 5.41) is 0.649. The first-order valence-corrected chi connectivity index (χ1v) is 7.10. The Balaban J connectivity index is 1.90. The highest BCUT2D eigenvalue weighted by atomic mass is 16.5. The highest BCUT2D eigenvalue weighted by molar-refractivity contribution is 6.06. The molecular formula is C18H15NO4. The Morgan fingerprint density at radius 1 is 1.00 bits per heavy atom. The highest BCUT2D eigenvalue weighted by Crippen LogP contribution is 2.22. The Morgan fingerprint density at radius 3 is 2.43 bits per heavy atom. The van der Waals surface area contributed by atoms with Crippen LogP contribution in [0, 0.1) is 0 Å². The number of esters is 1. The normalized spacial score (nSPS) is 10.5. The third kappa shape index (κ3) is 2.94. The maximum atomic E-state index is 12.3. The fourth-order valence-electron chi connectivity index (χ4n) is 2.39. The van der Waals surface area contributed by atoms with Crippen molar-refractivity contribution in [3.05, 3.63) is 71.9 Å². The van der Waals surface area contributed by atoms with Crippen LogP contribution < -0.4 is 0 Å². The zero-order chi connectivity index (χ0) is 16.2. The van der Waals surface area contributed by atoms with Gasteiger partial charge in [0.15, 0.2) is 0 Å². The maximum Gasteiger partial charge on any atom is 0.418 e. The number of fused-ring (bicyclic) bond motifs is 1. The summed E-state index contributed by atoms with van der Waals surface area (Å²) < 4.78 is 11.4. The molecule has 0 aliphatic heterocycles. The van der Waals surface area contributed by atoms with Gasteiger partial charge in [0, 0.05) is 11.6 Å². The third-order valence-corrected chi connectivity index (χ3v) is 3.52. The Bertz CT molecular complexity index is 852. The van der Waals surface area contributed by atoms with Crippen molar-refractivity contribution in [3.63, 3.8) is 0 Å². The van der Waals surface area contributed by atoms with Crippen molar-refractivity contribution in [3.8, 4) is 0 Å². The minimum absolute atomic E-state index is 0.166. The van der Waals surface area contributed by atoms with Crippen LogP contribution in [0.4, 0.5) is 4.79 Å². The molecule has 0 spiro atoms. The molecule has 1 aromatic heterocycles. The van der Waals surface area contributed by atoms with Gasteiger partial charge in [-0.3, -0.25) is 4.57 Å². The van der Waals surface area contributed by atoms with Crippen LogP contribution >= 0.6 is 0 Å². The number of carbonyl (C=O) groups excluding carboxylic acids is 2. The molecule has 0 saturated carbocycles. The van der Waals surface area contributed by atoms with Gasteiger partial charge >= 0.3 is 12.1 Å². The van der Waals surface area contributed by atoms with Crippen molar-refractivity contribution in [1.29, 1.82) is 0 Å². The van der Waals surface area contributed by atoms with Crippen molar-refractivity contribution in [2.24, 2.45) is 0 Å². The highest BCUT2D eigenvalue weighted by Gasteiger charge is 2.19. The number of aromatic nitrogens is 1. The number of ether oxygens (including phenoxy) is 2. The molecule has 0 atom stereocenters. The van der Waals surface area contributed by atoms with Crippen LogP contribution in [0.15, 0.2) is 60.8 Å². The van der Waals surface area contributed by atoms with Crippen molar-refractivity contribution in [2.45, 2.75) is 6.61 Å². The van der Waals surface area contributed by atoms with Gasteiger partial charge in [-0.2, -0.15) is 0 Å². The number of para-hydroxylation sites is 1. The van der Waals surface area contributed by atoms with E-state index < -0.39 is 12.1 Å². The van der Waals surface area contributed by atoms with E-state index in [1.807, 2.05) is 30.3 Å². The molecule has 0 bridgehead atoms. The SMILES string of the molecule is COC(=O)c1cn(C(=O)OCc2ccccc2)c2ccccc12. The second-order valence-electron chi connectivity index (χ2n) is 4.96. The van der Waals surface area contributed by atoms with Crippen LogP contribution in [-0.4, -0.2) is 23.7 Å².